The molecule has 0 N–H and O–H groups in total. The highest BCUT2D eigenvalue weighted by atomic mass is 16.6. The van der Waals surface area contributed by atoms with Crippen molar-refractivity contribution in [1.29, 1.82) is 0 Å². The minimum absolute atomic E-state index is 0.313. The summed E-state index contributed by atoms with van der Waals surface area (Å²) in [6.07, 6.45) is 1.45. The number of ether oxygens (including phenoxy) is 2. The van der Waals surface area contributed by atoms with Crippen molar-refractivity contribution in [2.45, 2.75) is 52.7 Å². The molecule has 1 heterocycles. The Hall–Kier alpha value is -2.04. The van der Waals surface area contributed by atoms with Gasteiger partial charge < -0.3 is 14.4 Å². The molecular formula is C18H25NO4. The summed E-state index contributed by atoms with van der Waals surface area (Å²) in [7, 11) is 0. The van der Waals surface area contributed by atoms with Gasteiger partial charge >= 0.3 is 12.1 Å². The maximum atomic E-state index is 12.3. The molecule has 0 saturated carbocycles. The fourth-order valence-electron chi connectivity index (χ4n) is 2.59. The molecule has 0 saturated heterocycles. The number of esters is 1. The molecule has 0 unspecified atom stereocenters. The van der Waals surface area contributed by atoms with Crippen LogP contribution in [0, 0.1) is 0 Å². The largest absolute Gasteiger partial charge is 0.462 e. The zero-order chi connectivity index (χ0) is 17.0. The lowest BCUT2D eigenvalue weighted by atomic mass is 10.0. The van der Waals surface area contributed by atoms with Gasteiger partial charge in [0.1, 0.15) is 5.60 Å². The Morgan fingerprint density at radius 1 is 1.22 bits per heavy atom. The molecule has 0 radical (unpaired) electrons. The van der Waals surface area contributed by atoms with Gasteiger partial charge in [-0.1, -0.05) is 6.07 Å². The average Bonchev–Trinajstić information content (AvgIpc) is 2.67. The van der Waals surface area contributed by atoms with Crippen molar-refractivity contribution in [1.82, 2.24) is 4.90 Å². The van der Waals surface area contributed by atoms with Gasteiger partial charge in [-0.15, -0.1) is 0 Å². The van der Waals surface area contributed by atoms with Crippen LogP contribution < -0.4 is 0 Å². The Morgan fingerprint density at radius 2 is 1.96 bits per heavy atom. The third kappa shape index (κ3) is 4.71. The van der Waals surface area contributed by atoms with Crippen molar-refractivity contribution in [2.75, 3.05) is 13.2 Å². The van der Waals surface area contributed by atoms with Crippen LogP contribution in [0.3, 0.4) is 0 Å². The van der Waals surface area contributed by atoms with E-state index in [1.54, 1.807) is 17.9 Å². The van der Waals surface area contributed by atoms with Gasteiger partial charge in [0.2, 0.25) is 0 Å². The van der Waals surface area contributed by atoms with E-state index in [0.717, 1.165) is 18.4 Å². The first-order valence-corrected chi connectivity index (χ1v) is 8.07. The van der Waals surface area contributed by atoms with Gasteiger partial charge in [-0.05, 0) is 63.8 Å². The Kier molecular flexibility index (Phi) is 5.29. The Balaban J connectivity index is 2.19. The van der Waals surface area contributed by atoms with Crippen LogP contribution in [-0.2, 0) is 22.4 Å². The predicted octanol–water partition coefficient (Wildman–Crippen LogP) is 3.55. The topological polar surface area (TPSA) is 55.8 Å². The van der Waals surface area contributed by atoms with Crippen LogP contribution in [0.5, 0.6) is 0 Å². The summed E-state index contributed by atoms with van der Waals surface area (Å²) in [6.45, 7) is 8.81. The quantitative estimate of drug-likeness (QED) is 0.782. The molecule has 1 aliphatic heterocycles. The van der Waals surface area contributed by atoms with E-state index in [1.807, 2.05) is 32.9 Å². The van der Waals surface area contributed by atoms with Crippen LogP contribution in [0.2, 0.25) is 0 Å². The number of hydrogen-bond acceptors (Lipinski definition) is 4. The normalized spacial score (nSPS) is 14.7. The fraction of sp³-hybridized carbons (Fsp3) is 0.556. The molecule has 1 aliphatic rings. The van der Waals surface area contributed by atoms with E-state index in [-0.39, 0.29) is 12.1 Å². The van der Waals surface area contributed by atoms with Crippen LogP contribution in [0.25, 0.3) is 0 Å². The van der Waals surface area contributed by atoms with Crippen molar-refractivity contribution in [3.63, 3.8) is 0 Å². The monoisotopic (exact) mass is 319 g/mol. The Morgan fingerprint density at radius 3 is 2.61 bits per heavy atom. The third-order valence-corrected chi connectivity index (χ3v) is 3.60. The van der Waals surface area contributed by atoms with Gasteiger partial charge in [0.05, 0.1) is 12.2 Å². The highest BCUT2D eigenvalue weighted by molar-refractivity contribution is 5.89. The molecule has 2 rings (SSSR count). The predicted molar refractivity (Wildman–Crippen MR) is 87.4 cm³/mol. The van der Waals surface area contributed by atoms with Crippen molar-refractivity contribution >= 4 is 12.1 Å². The van der Waals surface area contributed by atoms with Gasteiger partial charge in [0.15, 0.2) is 0 Å². The van der Waals surface area contributed by atoms with Crippen LogP contribution in [0.1, 0.15) is 55.6 Å². The standard InChI is InChI=1S/C18H25NO4/c1-5-22-16(20)14-9-8-13-7-6-10-19(12-15(13)11-14)17(21)23-18(2,3)4/h8-9,11H,5-7,10,12H2,1-4H3. The molecule has 1 aromatic rings. The van der Waals surface area contributed by atoms with E-state index >= 15 is 0 Å². The lowest BCUT2D eigenvalue weighted by Gasteiger charge is -2.26. The number of rotatable bonds is 2. The number of carbonyl (C=O) groups excluding carboxylic acids is 2. The van der Waals surface area contributed by atoms with E-state index in [9.17, 15) is 9.59 Å². The molecule has 0 aliphatic carbocycles. The molecule has 0 fully saturated rings. The van der Waals surface area contributed by atoms with Crippen molar-refractivity contribution in [3.8, 4) is 0 Å². The summed E-state index contributed by atoms with van der Waals surface area (Å²) < 4.78 is 10.5. The SMILES string of the molecule is CCOC(=O)c1ccc2c(c1)CN(C(=O)OC(C)(C)C)CCC2. The molecule has 1 amide bonds. The maximum Gasteiger partial charge on any atom is 0.410 e. The lowest BCUT2D eigenvalue weighted by molar-refractivity contribution is 0.0236. The highest BCUT2D eigenvalue weighted by Crippen LogP contribution is 2.22. The summed E-state index contributed by atoms with van der Waals surface area (Å²) in [4.78, 5) is 25.9. The molecule has 0 bridgehead atoms. The first kappa shape index (κ1) is 17.3. The number of benzene rings is 1. The number of hydrogen-bond donors (Lipinski definition) is 0. The number of carbonyl (C=O) groups is 2. The Labute approximate surface area is 137 Å². The summed E-state index contributed by atoms with van der Waals surface area (Å²) in [5, 5.41) is 0. The van der Waals surface area contributed by atoms with Crippen molar-refractivity contribution < 1.29 is 19.1 Å². The zero-order valence-corrected chi connectivity index (χ0v) is 14.3. The number of amides is 1. The van der Waals surface area contributed by atoms with Gasteiger partial charge in [-0.25, -0.2) is 9.59 Å². The molecule has 5 heteroatoms. The molecule has 0 atom stereocenters. The molecule has 126 valence electrons. The smallest absolute Gasteiger partial charge is 0.410 e. The molecule has 23 heavy (non-hydrogen) atoms. The molecule has 0 spiro atoms. The van der Waals surface area contributed by atoms with Gasteiger partial charge in [-0.2, -0.15) is 0 Å². The van der Waals surface area contributed by atoms with E-state index in [4.69, 9.17) is 9.47 Å². The zero-order valence-electron chi connectivity index (χ0n) is 14.3. The van der Waals surface area contributed by atoms with Crippen LogP contribution in [0.15, 0.2) is 18.2 Å². The summed E-state index contributed by atoms with van der Waals surface area (Å²) >= 11 is 0. The van der Waals surface area contributed by atoms with Gasteiger partial charge in [0.25, 0.3) is 0 Å². The minimum atomic E-state index is -0.515. The number of fused-ring (bicyclic) bond motifs is 1. The van der Waals surface area contributed by atoms with Crippen LogP contribution >= 0.6 is 0 Å². The second-order valence-electron chi connectivity index (χ2n) is 6.71. The molecule has 5 nitrogen and oxygen atoms in total. The summed E-state index contributed by atoms with van der Waals surface area (Å²) in [6, 6.07) is 5.58. The van der Waals surface area contributed by atoms with E-state index in [1.165, 1.54) is 5.56 Å². The van der Waals surface area contributed by atoms with Gasteiger partial charge in [0, 0.05) is 13.1 Å². The van der Waals surface area contributed by atoms with Crippen molar-refractivity contribution in [2.24, 2.45) is 0 Å². The van der Waals surface area contributed by atoms with Crippen LogP contribution in [-0.4, -0.2) is 35.7 Å². The number of nitrogens with zero attached hydrogens (tertiary/aromatic N) is 1. The summed E-state index contributed by atoms with van der Waals surface area (Å²) in [5.41, 5.74) is 2.17. The molecule has 1 aromatic carbocycles. The van der Waals surface area contributed by atoms with Crippen LogP contribution in [0.4, 0.5) is 4.79 Å². The van der Waals surface area contributed by atoms with E-state index in [2.05, 4.69) is 0 Å². The van der Waals surface area contributed by atoms with Gasteiger partial charge in [-0.3, -0.25) is 0 Å². The first-order valence-electron chi connectivity index (χ1n) is 8.07. The Bertz CT molecular complexity index is 589. The van der Waals surface area contributed by atoms with E-state index < -0.39 is 5.60 Å². The lowest BCUT2D eigenvalue weighted by Crippen LogP contribution is -2.36. The average molecular weight is 319 g/mol. The first-order chi connectivity index (χ1) is 10.8. The number of aryl methyl sites for hydroxylation is 1. The highest BCUT2D eigenvalue weighted by Gasteiger charge is 2.25. The summed E-state index contributed by atoms with van der Waals surface area (Å²) in [5.74, 6) is -0.330. The fourth-order valence-corrected chi connectivity index (χ4v) is 2.59. The minimum Gasteiger partial charge on any atom is -0.462 e. The second-order valence-corrected chi connectivity index (χ2v) is 6.71. The maximum absolute atomic E-state index is 12.3. The third-order valence-electron chi connectivity index (χ3n) is 3.60. The molecular weight excluding hydrogens is 294 g/mol. The van der Waals surface area contributed by atoms with Crippen molar-refractivity contribution in [3.05, 3.63) is 34.9 Å². The second kappa shape index (κ2) is 7.02. The molecule has 0 aromatic heterocycles. The van der Waals surface area contributed by atoms with E-state index in [0.29, 0.717) is 25.3 Å².